The fourth-order valence-electron chi connectivity index (χ4n) is 10.8. The molecule has 2 aromatic heterocycles. The SMILES string of the molecule is CCC(CC)c1ccc2c(c1)[N+]1(c3[c-]c(Oc4[c-]c5c(cc4)c4ccccc4n5-c4cc(C(C)(C)C)ccn4)cc(-c4c(C(C)C)cccc4C(C)C)c3)[CH-][N@+]21c1cccc(C(C)(C)C)c1.[Pt]. The maximum atomic E-state index is 7.15. The van der Waals surface area contributed by atoms with Gasteiger partial charge >= 0.3 is 0 Å². The van der Waals surface area contributed by atoms with E-state index in [1.807, 2.05) is 6.20 Å². The quantitative estimate of drug-likeness (QED) is 0.0733. The van der Waals surface area contributed by atoms with Gasteiger partial charge in [-0.1, -0.05) is 155 Å². The normalized spacial score (nSPS) is 17.7. The molecular weight excluding hydrogens is 1000 g/mol. The minimum Gasteiger partial charge on any atom is -0.509 e. The van der Waals surface area contributed by atoms with E-state index in [9.17, 15) is 0 Å². The van der Waals surface area contributed by atoms with Crippen molar-refractivity contribution in [3.63, 3.8) is 0 Å². The van der Waals surface area contributed by atoms with Crippen LogP contribution in [0.5, 0.6) is 11.5 Å². The largest absolute Gasteiger partial charge is 0.509 e. The molecule has 346 valence electrons. The van der Waals surface area contributed by atoms with E-state index < -0.39 is 0 Å². The molecule has 2 aliphatic rings. The molecule has 1 saturated heterocycles. The van der Waals surface area contributed by atoms with Crippen molar-refractivity contribution in [2.45, 2.75) is 125 Å². The minimum atomic E-state index is -0.0322. The van der Waals surface area contributed by atoms with E-state index in [4.69, 9.17) is 9.72 Å². The number of pyridine rings is 1. The van der Waals surface area contributed by atoms with E-state index >= 15 is 0 Å². The Morgan fingerprint density at radius 3 is 2.01 bits per heavy atom. The first-order valence-corrected chi connectivity index (χ1v) is 24.2. The average Bonchev–Trinajstić information content (AvgIpc) is 3.79. The number of hydrogen-bond acceptors (Lipinski definition) is 2. The van der Waals surface area contributed by atoms with Crippen LogP contribution in [0.25, 0.3) is 38.8 Å². The van der Waals surface area contributed by atoms with Crippen molar-refractivity contribution in [2.75, 3.05) is 0 Å². The third-order valence-corrected chi connectivity index (χ3v) is 14.6. The molecular formula is C61H65N4OPt-. The number of aromatic nitrogens is 2. The molecule has 6 heteroatoms. The molecule has 0 N–H and O–H groups in total. The topological polar surface area (TPSA) is 27.1 Å². The summed E-state index contributed by atoms with van der Waals surface area (Å²) in [6.45, 7) is 30.0. The van der Waals surface area contributed by atoms with Crippen molar-refractivity contribution < 1.29 is 25.8 Å². The predicted molar refractivity (Wildman–Crippen MR) is 277 cm³/mol. The summed E-state index contributed by atoms with van der Waals surface area (Å²) in [4.78, 5) is 4.94. The summed E-state index contributed by atoms with van der Waals surface area (Å²) in [5, 5.41) is 2.26. The fraction of sp³-hybridized carbons (Fsp3) is 0.311. The summed E-state index contributed by atoms with van der Waals surface area (Å²) in [5.41, 5.74) is 16.0. The van der Waals surface area contributed by atoms with Gasteiger partial charge < -0.3 is 9.30 Å². The van der Waals surface area contributed by atoms with Gasteiger partial charge in [0.1, 0.15) is 5.82 Å². The predicted octanol–water partition coefficient (Wildman–Crippen LogP) is 17.3. The number of ether oxygens (including phenoxy) is 1. The van der Waals surface area contributed by atoms with Crippen LogP contribution in [0.4, 0.5) is 22.7 Å². The minimum absolute atomic E-state index is 0. The number of para-hydroxylation sites is 1. The number of quaternary nitrogens is 2. The van der Waals surface area contributed by atoms with Crippen LogP contribution in [0.3, 0.4) is 0 Å². The Morgan fingerprint density at radius 2 is 1.33 bits per heavy atom. The summed E-state index contributed by atoms with van der Waals surface area (Å²) in [7, 11) is 0. The summed E-state index contributed by atoms with van der Waals surface area (Å²) in [6, 6.07) is 52.9. The Bertz CT molecular complexity index is 3150. The number of hydrogen-bond donors (Lipinski definition) is 0. The first kappa shape index (κ1) is 46.8. The smallest absolute Gasteiger partial charge is 0.225 e. The number of fused-ring (bicyclic) bond motifs is 7. The summed E-state index contributed by atoms with van der Waals surface area (Å²) in [5.74, 6) is 3.30. The van der Waals surface area contributed by atoms with Gasteiger partial charge in [-0.25, -0.2) is 9.58 Å². The summed E-state index contributed by atoms with van der Waals surface area (Å²) >= 11 is 0. The fourth-order valence-corrected chi connectivity index (χ4v) is 10.8. The third kappa shape index (κ3) is 7.52. The molecule has 8 aromatic rings. The van der Waals surface area contributed by atoms with E-state index in [-0.39, 0.29) is 31.9 Å². The van der Waals surface area contributed by atoms with E-state index in [1.54, 1.807) is 0 Å². The Hall–Kier alpha value is -5.32. The first-order chi connectivity index (χ1) is 31.5. The zero-order valence-corrected chi connectivity index (χ0v) is 43.6. The molecule has 4 heterocycles. The molecule has 0 saturated carbocycles. The molecule has 1 fully saturated rings. The maximum Gasteiger partial charge on any atom is 0.225 e. The van der Waals surface area contributed by atoms with E-state index in [2.05, 4.69) is 228 Å². The Balaban J connectivity index is 0.00000562. The van der Waals surface area contributed by atoms with Crippen molar-refractivity contribution in [3.05, 3.63) is 174 Å². The molecule has 0 aliphatic carbocycles. The van der Waals surface area contributed by atoms with Crippen molar-refractivity contribution >= 4 is 44.6 Å². The third-order valence-electron chi connectivity index (χ3n) is 14.6. The van der Waals surface area contributed by atoms with Crippen LogP contribution in [0.15, 0.2) is 128 Å². The molecule has 67 heavy (non-hydrogen) atoms. The van der Waals surface area contributed by atoms with Gasteiger partial charge in [0.05, 0.1) is 5.69 Å². The van der Waals surface area contributed by atoms with Crippen LogP contribution in [-0.4, -0.2) is 9.55 Å². The molecule has 0 spiro atoms. The summed E-state index contributed by atoms with van der Waals surface area (Å²) < 4.78 is 10.5. The monoisotopic (exact) mass is 1060 g/mol. The standard InChI is InChI=1S/C61H65N4O.Pt/c1-13-41(14-2)42-25-28-56-57(33-42)65(38-64(56,65)46-20-17-19-44(34-46)60(7,8)9)47-31-43(59-50(39(3)4)22-18-23-51(59)40(5)6)32-49(36-47)66-48-26-27-53-52-21-15-16-24-54(52)63(55(53)37-48)58-35-45(29-30-62-58)61(10,11)12;/h15-35,38-41H,13-14H2,1-12H3;/q-1;/t64-,65?;/m0./s1. The van der Waals surface area contributed by atoms with Crippen molar-refractivity contribution in [3.8, 4) is 28.4 Å². The molecule has 10 rings (SSSR count). The molecule has 0 bridgehead atoms. The van der Waals surface area contributed by atoms with Crippen molar-refractivity contribution in [2.24, 2.45) is 0 Å². The molecule has 1 unspecified atom stereocenters. The molecule has 0 radical (unpaired) electrons. The first-order valence-electron chi connectivity index (χ1n) is 24.2. The van der Waals surface area contributed by atoms with Gasteiger partial charge in [-0.15, -0.1) is 29.1 Å². The maximum absolute atomic E-state index is 7.15. The van der Waals surface area contributed by atoms with E-state index in [1.165, 1.54) is 50.4 Å². The Kier molecular flexibility index (Phi) is 11.9. The Morgan fingerprint density at radius 1 is 0.642 bits per heavy atom. The van der Waals surface area contributed by atoms with Gasteiger partial charge in [-0.3, -0.25) is 0 Å². The second-order valence-corrected chi connectivity index (χ2v) is 21.5. The van der Waals surface area contributed by atoms with Crippen LogP contribution in [0, 0.1) is 18.8 Å². The molecule has 6 aromatic carbocycles. The second kappa shape index (κ2) is 17.0. The number of benzene rings is 6. The van der Waals surface area contributed by atoms with Crippen LogP contribution >= 0.6 is 0 Å². The van der Waals surface area contributed by atoms with Gasteiger partial charge in [0.15, 0.2) is 12.4 Å². The van der Waals surface area contributed by atoms with Crippen LogP contribution < -0.4 is 13.9 Å². The van der Waals surface area contributed by atoms with Crippen LogP contribution in [-0.2, 0) is 31.9 Å². The zero-order chi connectivity index (χ0) is 46.5. The van der Waals surface area contributed by atoms with Gasteiger partial charge in [-0.05, 0) is 98.4 Å². The number of nitrogens with zero attached hydrogens (tertiary/aromatic N) is 4. The van der Waals surface area contributed by atoms with Gasteiger partial charge in [0.25, 0.3) is 0 Å². The number of rotatable bonds is 11. The van der Waals surface area contributed by atoms with E-state index in [0.717, 1.165) is 51.7 Å². The molecule has 0 amide bonds. The van der Waals surface area contributed by atoms with Gasteiger partial charge in [0.2, 0.25) is 11.4 Å². The van der Waals surface area contributed by atoms with Gasteiger partial charge in [0, 0.05) is 68.5 Å². The second-order valence-electron chi connectivity index (χ2n) is 21.5. The van der Waals surface area contributed by atoms with Crippen molar-refractivity contribution in [1.29, 1.82) is 0 Å². The van der Waals surface area contributed by atoms with Crippen LogP contribution in [0.1, 0.15) is 141 Å². The average molecular weight is 1070 g/mol. The summed E-state index contributed by atoms with van der Waals surface area (Å²) in [6.07, 6.45) is 4.14. The van der Waals surface area contributed by atoms with E-state index in [0.29, 0.717) is 38.4 Å². The Labute approximate surface area is 413 Å². The van der Waals surface area contributed by atoms with Crippen LogP contribution in [0.2, 0.25) is 0 Å². The molecule has 2 atom stereocenters. The zero-order valence-electron chi connectivity index (χ0n) is 41.4. The molecule has 2 aliphatic heterocycles. The molecule has 5 nitrogen and oxygen atoms in total. The van der Waals surface area contributed by atoms with Gasteiger partial charge in [-0.2, -0.15) is 10.7 Å². The van der Waals surface area contributed by atoms with Crippen molar-refractivity contribution in [1.82, 2.24) is 18.7 Å².